The fourth-order valence-electron chi connectivity index (χ4n) is 3.12. The minimum atomic E-state index is -0.690. The Morgan fingerprint density at radius 1 is 1.11 bits per heavy atom. The van der Waals surface area contributed by atoms with E-state index in [9.17, 15) is 5.11 Å². The topological polar surface area (TPSA) is 69.1 Å². The summed E-state index contributed by atoms with van der Waals surface area (Å²) < 4.78 is 5.45. The molecule has 1 fully saturated rings. The maximum Gasteiger partial charge on any atom is 0.191 e. The van der Waals surface area contributed by atoms with Crippen LogP contribution in [0.4, 0.5) is 0 Å². The lowest BCUT2D eigenvalue weighted by Crippen LogP contribution is -2.46. The molecule has 0 amide bonds. The van der Waals surface area contributed by atoms with E-state index in [0.717, 1.165) is 58.2 Å². The van der Waals surface area contributed by atoms with Gasteiger partial charge in [0.25, 0.3) is 0 Å². The van der Waals surface area contributed by atoms with Gasteiger partial charge in [-0.3, -0.25) is 4.90 Å². The Morgan fingerprint density at radius 3 is 2.41 bits per heavy atom. The molecule has 2 rings (SSSR count). The standard InChI is InChI=1S/C21H36N4O2/c1-4-21(26,5-2)17-24-20(22-6-3)23-15-18-9-7-8-10-19(18)16-25-11-13-27-14-12-25/h7-10,26H,4-6,11-17H2,1-3H3,(H2,22,23,24). The van der Waals surface area contributed by atoms with Crippen LogP contribution in [0.25, 0.3) is 0 Å². The summed E-state index contributed by atoms with van der Waals surface area (Å²) in [6, 6.07) is 8.50. The van der Waals surface area contributed by atoms with Gasteiger partial charge in [0.1, 0.15) is 0 Å². The van der Waals surface area contributed by atoms with Crippen molar-refractivity contribution in [2.24, 2.45) is 4.99 Å². The third-order valence-electron chi connectivity index (χ3n) is 5.27. The molecule has 27 heavy (non-hydrogen) atoms. The van der Waals surface area contributed by atoms with E-state index in [0.29, 0.717) is 13.1 Å². The monoisotopic (exact) mass is 376 g/mol. The van der Waals surface area contributed by atoms with Crippen molar-refractivity contribution in [1.29, 1.82) is 0 Å². The average Bonchev–Trinajstić information content (AvgIpc) is 2.71. The van der Waals surface area contributed by atoms with E-state index >= 15 is 0 Å². The second-order valence-electron chi connectivity index (χ2n) is 7.14. The Bertz CT molecular complexity index is 581. The molecule has 6 nitrogen and oxygen atoms in total. The normalized spacial score (nSPS) is 16.4. The van der Waals surface area contributed by atoms with Gasteiger partial charge in [-0.2, -0.15) is 0 Å². The molecule has 0 bridgehead atoms. The van der Waals surface area contributed by atoms with Crippen LogP contribution < -0.4 is 10.6 Å². The highest BCUT2D eigenvalue weighted by atomic mass is 16.5. The Hall–Kier alpha value is -1.63. The first-order chi connectivity index (χ1) is 13.1. The number of morpholine rings is 1. The molecule has 1 heterocycles. The summed E-state index contributed by atoms with van der Waals surface area (Å²) in [5, 5.41) is 17.1. The number of aliphatic imine (C=N–C) groups is 1. The lowest BCUT2D eigenvalue weighted by Gasteiger charge is -2.27. The zero-order valence-corrected chi connectivity index (χ0v) is 17.1. The van der Waals surface area contributed by atoms with Crippen molar-refractivity contribution in [3.8, 4) is 0 Å². The van der Waals surface area contributed by atoms with E-state index in [-0.39, 0.29) is 0 Å². The number of rotatable bonds is 9. The van der Waals surface area contributed by atoms with E-state index in [1.165, 1.54) is 11.1 Å². The third kappa shape index (κ3) is 7.13. The van der Waals surface area contributed by atoms with Crippen molar-refractivity contribution in [2.75, 3.05) is 39.4 Å². The van der Waals surface area contributed by atoms with Gasteiger partial charge < -0.3 is 20.5 Å². The molecule has 0 unspecified atom stereocenters. The summed E-state index contributed by atoms with van der Waals surface area (Å²) in [6.07, 6.45) is 1.44. The van der Waals surface area contributed by atoms with Gasteiger partial charge in [-0.05, 0) is 30.9 Å². The summed E-state index contributed by atoms with van der Waals surface area (Å²) in [5.74, 6) is 0.749. The molecular weight excluding hydrogens is 340 g/mol. The number of aliphatic hydroxyl groups is 1. The van der Waals surface area contributed by atoms with E-state index in [2.05, 4.69) is 46.7 Å². The maximum absolute atomic E-state index is 10.5. The number of nitrogens with zero attached hydrogens (tertiary/aromatic N) is 2. The molecule has 1 aromatic rings. The highest BCUT2D eigenvalue weighted by Gasteiger charge is 2.22. The smallest absolute Gasteiger partial charge is 0.191 e. The predicted octanol–water partition coefficient (Wildman–Crippen LogP) is 2.12. The van der Waals surface area contributed by atoms with Crippen molar-refractivity contribution < 1.29 is 9.84 Å². The number of benzene rings is 1. The van der Waals surface area contributed by atoms with Crippen LogP contribution in [0.3, 0.4) is 0 Å². The highest BCUT2D eigenvalue weighted by molar-refractivity contribution is 5.79. The van der Waals surface area contributed by atoms with Gasteiger partial charge in [-0.25, -0.2) is 4.99 Å². The van der Waals surface area contributed by atoms with Crippen LogP contribution in [0.5, 0.6) is 0 Å². The summed E-state index contributed by atoms with van der Waals surface area (Å²) in [7, 11) is 0. The Labute approximate surface area is 164 Å². The summed E-state index contributed by atoms with van der Waals surface area (Å²) in [5.41, 5.74) is 1.87. The molecule has 1 aliphatic rings. The van der Waals surface area contributed by atoms with Crippen LogP contribution in [0.15, 0.2) is 29.3 Å². The molecule has 3 N–H and O–H groups in total. The second-order valence-corrected chi connectivity index (χ2v) is 7.14. The molecule has 0 aliphatic carbocycles. The van der Waals surface area contributed by atoms with E-state index in [4.69, 9.17) is 9.73 Å². The Morgan fingerprint density at radius 2 is 1.78 bits per heavy atom. The molecule has 6 heteroatoms. The lowest BCUT2D eigenvalue weighted by molar-refractivity contribution is 0.0340. The van der Waals surface area contributed by atoms with Crippen LogP contribution in [-0.4, -0.2) is 61.0 Å². The first kappa shape index (κ1) is 21.7. The van der Waals surface area contributed by atoms with Crippen molar-refractivity contribution in [2.45, 2.75) is 52.3 Å². The molecule has 0 saturated carbocycles. The van der Waals surface area contributed by atoms with Gasteiger partial charge in [0.15, 0.2) is 5.96 Å². The van der Waals surface area contributed by atoms with Crippen LogP contribution in [0.2, 0.25) is 0 Å². The maximum atomic E-state index is 10.5. The van der Waals surface area contributed by atoms with E-state index < -0.39 is 5.60 Å². The number of hydrogen-bond donors (Lipinski definition) is 3. The first-order valence-corrected chi connectivity index (χ1v) is 10.2. The third-order valence-corrected chi connectivity index (χ3v) is 5.27. The molecule has 1 aromatic carbocycles. The van der Waals surface area contributed by atoms with Crippen molar-refractivity contribution >= 4 is 5.96 Å². The SMILES string of the molecule is CCNC(=NCc1ccccc1CN1CCOCC1)NCC(O)(CC)CC. The molecule has 152 valence electrons. The first-order valence-electron chi connectivity index (χ1n) is 10.2. The molecule has 1 saturated heterocycles. The zero-order valence-electron chi connectivity index (χ0n) is 17.1. The number of guanidine groups is 1. The summed E-state index contributed by atoms with van der Waals surface area (Å²) in [4.78, 5) is 7.18. The molecule has 0 aromatic heterocycles. The fraction of sp³-hybridized carbons (Fsp3) is 0.667. The lowest BCUT2D eigenvalue weighted by atomic mass is 9.98. The van der Waals surface area contributed by atoms with E-state index in [1.54, 1.807) is 0 Å². The predicted molar refractivity (Wildman–Crippen MR) is 111 cm³/mol. The van der Waals surface area contributed by atoms with Crippen LogP contribution in [0, 0.1) is 0 Å². The largest absolute Gasteiger partial charge is 0.388 e. The van der Waals surface area contributed by atoms with Gasteiger partial charge in [0, 0.05) is 32.7 Å². The molecule has 0 spiro atoms. The summed E-state index contributed by atoms with van der Waals surface area (Å²) in [6.45, 7) is 12.5. The second kappa shape index (κ2) is 11.3. The molecule has 0 radical (unpaired) electrons. The molecular formula is C21H36N4O2. The minimum Gasteiger partial charge on any atom is -0.388 e. The summed E-state index contributed by atoms with van der Waals surface area (Å²) >= 11 is 0. The number of hydrogen-bond acceptors (Lipinski definition) is 4. The fourth-order valence-corrected chi connectivity index (χ4v) is 3.12. The Kier molecular flexibility index (Phi) is 9.04. The van der Waals surface area contributed by atoms with Crippen LogP contribution >= 0.6 is 0 Å². The highest BCUT2D eigenvalue weighted by Crippen LogP contribution is 2.15. The van der Waals surface area contributed by atoms with Crippen molar-refractivity contribution in [3.05, 3.63) is 35.4 Å². The van der Waals surface area contributed by atoms with Crippen LogP contribution in [0.1, 0.15) is 44.7 Å². The molecule has 0 atom stereocenters. The van der Waals surface area contributed by atoms with Crippen molar-refractivity contribution in [3.63, 3.8) is 0 Å². The van der Waals surface area contributed by atoms with Crippen molar-refractivity contribution in [1.82, 2.24) is 15.5 Å². The van der Waals surface area contributed by atoms with Gasteiger partial charge in [0.2, 0.25) is 0 Å². The van der Waals surface area contributed by atoms with Gasteiger partial charge in [-0.15, -0.1) is 0 Å². The van der Waals surface area contributed by atoms with E-state index in [1.807, 2.05) is 13.8 Å². The quantitative estimate of drug-likeness (QED) is 0.455. The van der Waals surface area contributed by atoms with Gasteiger partial charge in [-0.1, -0.05) is 38.1 Å². The van der Waals surface area contributed by atoms with Gasteiger partial charge >= 0.3 is 0 Å². The molecule has 1 aliphatic heterocycles. The van der Waals surface area contributed by atoms with Crippen LogP contribution in [-0.2, 0) is 17.8 Å². The Balaban J connectivity index is 2.02. The minimum absolute atomic E-state index is 0.501. The van der Waals surface area contributed by atoms with Gasteiger partial charge in [0.05, 0.1) is 25.4 Å². The number of ether oxygens (including phenoxy) is 1. The zero-order chi connectivity index (χ0) is 19.5. The average molecular weight is 377 g/mol. The number of nitrogens with one attached hydrogen (secondary N) is 2.